The smallest absolute Gasteiger partial charge is 0.288 e. The summed E-state index contributed by atoms with van der Waals surface area (Å²) >= 11 is 0. The van der Waals surface area contributed by atoms with E-state index in [-0.39, 0.29) is 29.8 Å². The van der Waals surface area contributed by atoms with Crippen LogP contribution in [0, 0.1) is 23.0 Å². The number of amides is 1. The average Bonchev–Trinajstić information content (AvgIpc) is 2.37. The van der Waals surface area contributed by atoms with Crippen LogP contribution in [0.5, 0.6) is 0 Å². The van der Waals surface area contributed by atoms with Gasteiger partial charge in [0, 0.05) is 18.7 Å². The van der Waals surface area contributed by atoms with Gasteiger partial charge in [0.1, 0.15) is 6.20 Å². The summed E-state index contributed by atoms with van der Waals surface area (Å²) in [5.74, 6) is -0.530. The van der Waals surface area contributed by atoms with Gasteiger partial charge < -0.3 is 10.4 Å². The van der Waals surface area contributed by atoms with E-state index < -0.39 is 10.8 Å². The lowest BCUT2D eigenvalue weighted by Gasteiger charge is -2.19. The molecule has 0 fully saturated rings. The highest BCUT2D eigenvalue weighted by Crippen LogP contribution is 2.15. The molecule has 1 amide bonds. The molecule has 7 nitrogen and oxygen atoms in total. The lowest BCUT2D eigenvalue weighted by Crippen LogP contribution is -2.38. The highest BCUT2D eigenvalue weighted by molar-refractivity contribution is 5.95. The summed E-state index contributed by atoms with van der Waals surface area (Å²) in [4.78, 5) is 25.9. The molecule has 0 aliphatic rings. The SMILES string of the molecule is Cc1ncc([N+](=O)[O-])cc1C(=O)NC(C)C(C)CO. The molecule has 0 aliphatic carbocycles. The number of nitrogens with zero attached hydrogens (tertiary/aromatic N) is 2. The lowest BCUT2D eigenvalue weighted by molar-refractivity contribution is -0.385. The number of nitrogens with one attached hydrogen (secondary N) is 1. The molecule has 2 atom stereocenters. The van der Waals surface area contributed by atoms with Gasteiger partial charge in [0.15, 0.2) is 0 Å². The highest BCUT2D eigenvalue weighted by atomic mass is 16.6. The average molecular weight is 267 g/mol. The maximum absolute atomic E-state index is 12.0. The van der Waals surface area contributed by atoms with Crippen molar-refractivity contribution in [2.75, 3.05) is 6.61 Å². The van der Waals surface area contributed by atoms with Gasteiger partial charge in [-0.25, -0.2) is 0 Å². The van der Waals surface area contributed by atoms with E-state index in [0.717, 1.165) is 6.20 Å². The predicted octanol–water partition coefficient (Wildman–Crippen LogP) is 1.04. The van der Waals surface area contributed by atoms with Gasteiger partial charge >= 0.3 is 0 Å². The van der Waals surface area contributed by atoms with E-state index in [4.69, 9.17) is 5.11 Å². The number of rotatable bonds is 5. The molecule has 1 heterocycles. The highest BCUT2D eigenvalue weighted by Gasteiger charge is 2.19. The van der Waals surface area contributed by atoms with Gasteiger partial charge in [-0.3, -0.25) is 19.9 Å². The summed E-state index contributed by atoms with van der Waals surface area (Å²) in [5, 5.41) is 22.4. The Morgan fingerprint density at radius 1 is 1.58 bits per heavy atom. The Morgan fingerprint density at radius 2 is 2.21 bits per heavy atom. The summed E-state index contributed by atoms with van der Waals surface area (Å²) < 4.78 is 0. The second-order valence-electron chi connectivity index (χ2n) is 4.51. The quantitative estimate of drug-likeness (QED) is 0.612. The van der Waals surface area contributed by atoms with Gasteiger partial charge in [-0.15, -0.1) is 0 Å². The van der Waals surface area contributed by atoms with Gasteiger partial charge in [0.05, 0.1) is 16.2 Å². The first kappa shape index (κ1) is 15.0. The van der Waals surface area contributed by atoms with Crippen LogP contribution in [-0.4, -0.2) is 33.6 Å². The van der Waals surface area contributed by atoms with Crippen molar-refractivity contribution in [2.45, 2.75) is 26.8 Å². The Bertz CT molecular complexity index is 490. The van der Waals surface area contributed by atoms with Gasteiger partial charge in [0.2, 0.25) is 0 Å². The molecule has 2 N–H and O–H groups in total. The number of aliphatic hydroxyl groups is 1. The molecular formula is C12H17N3O4. The molecule has 0 aromatic carbocycles. The Morgan fingerprint density at radius 3 is 2.74 bits per heavy atom. The van der Waals surface area contributed by atoms with Gasteiger partial charge in [-0.05, 0) is 19.8 Å². The zero-order chi connectivity index (χ0) is 14.6. The maximum Gasteiger partial charge on any atom is 0.288 e. The van der Waals surface area contributed by atoms with Crippen molar-refractivity contribution in [1.29, 1.82) is 0 Å². The van der Waals surface area contributed by atoms with Gasteiger partial charge in [0.25, 0.3) is 11.6 Å². The number of nitro groups is 1. The molecule has 1 aromatic heterocycles. The zero-order valence-electron chi connectivity index (χ0n) is 11.1. The molecule has 0 saturated heterocycles. The summed E-state index contributed by atoms with van der Waals surface area (Å²) in [6.07, 6.45) is 1.12. The van der Waals surface area contributed by atoms with Crippen LogP contribution in [0.25, 0.3) is 0 Å². The molecule has 0 bridgehead atoms. The maximum atomic E-state index is 12.0. The minimum absolute atomic E-state index is 0.0480. The van der Waals surface area contributed by atoms with E-state index in [9.17, 15) is 14.9 Å². The number of carbonyl (C=O) groups excluding carboxylic acids is 1. The van der Waals surface area contributed by atoms with Crippen LogP contribution >= 0.6 is 0 Å². The van der Waals surface area contributed by atoms with E-state index in [0.29, 0.717) is 5.69 Å². The topological polar surface area (TPSA) is 105 Å². The molecule has 1 rings (SSSR count). The Kier molecular flexibility index (Phi) is 4.94. The fraction of sp³-hybridized carbons (Fsp3) is 0.500. The largest absolute Gasteiger partial charge is 0.396 e. The lowest BCUT2D eigenvalue weighted by atomic mass is 10.0. The molecule has 104 valence electrons. The van der Waals surface area contributed by atoms with Crippen LogP contribution in [0.1, 0.15) is 29.9 Å². The Hall–Kier alpha value is -2.02. The fourth-order valence-electron chi connectivity index (χ4n) is 1.44. The van der Waals surface area contributed by atoms with Crippen LogP contribution in [0.3, 0.4) is 0 Å². The molecule has 7 heteroatoms. The standard InChI is InChI=1S/C12H17N3O4/c1-7(6-16)8(2)14-12(17)11-4-10(15(18)19)5-13-9(11)3/h4-5,7-8,16H,6H2,1-3H3,(H,14,17). The monoisotopic (exact) mass is 267 g/mol. The summed E-state index contributed by atoms with van der Waals surface area (Å²) in [5.41, 5.74) is 0.372. The van der Waals surface area contributed by atoms with Crippen molar-refractivity contribution >= 4 is 11.6 Å². The molecule has 0 aliphatic heterocycles. The van der Waals surface area contributed by atoms with Crippen LogP contribution in [0.15, 0.2) is 12.3 Å². The first-order valence-corrected chi connectivity index (χ1v) is 5.89. The third-order valence-electron chi connectivity index (χ3n) is 3.03. The molecule has 0 spiro atoms. The second-order valence-corrected chi connectivity index (χ2v) is 4.51. The Balaban J connectivity index is 2.93. The van der Waals surface area contributed by atoms with Crippen molar-refractivity contribution in [1.82, 2.24) is 10.3 Å². The van der Waals surface area contributed by atoms with Crippen molar-refractivity contribution in [2.24, 2.45) is 5.92 Å². The molecule has 0 radical (unpaired) electrons. The van der Waals surface area contributed by atoms with E-state index in [1.165, 1.54) is 6.07 Å². The number of aliphatic hydroxyl groups excluding tert-OH is 1. The second kappa shape index (κ2) is 6.24. The number of carbonyl (C=O) groups is 1. The predicted molar refractivity (Wildman–Crippen MR) is 68.8 cm³/mol. The molecular weight excluding hydrogens is 250 g/mol. The van der Waals surface area contributed by atoms with Crippen LogP contribution in [0.4, 0.5) is 5.69 Å². The van der Waals surface area contributed by atoms with Crippen LogP contribution < -0.4 is 5.32 Å². The molecule has 0 saturated carbocycles. The summed E-state index contributed by atoms with van der Waals surface area (Å²) in [7, 11) is 0. The van der Waals surface area contributed by atoms with E-state index in [1.54, 1.807) is 20.8 Å². The number of aromatic nitrogens is 1. The third kappa shape index (κ3) is 3.72. The third-order valence-corrected chi connectivity index (χ3v) is 3.03. The molecule has 1 aromatic rings. The first-order chi connectivity index (χ1) is 8.86. The Labute approximate surface area is 110 Å². The summed E-state index contributed by atoms with van der Waals surface area (Å²) in [6, 6.07) is 0.963. The van der Waals surface area contributed by atoms with Crippen molar-refractivity contribution in [3.8, 4) is 0 Å². The normalized spacial score (nSPS) is 13.7. The number of hydrogen-bond donors (Lipinski definition) is 2. The molecule has 19 heavy (non-hydrogen) atoms. The van der Waals surface area contributed by atoms with Gasteiger partial charge in [-0.1, -0.05) is 6.92 Å². The number of hydrogen-bond acceptors (Lipinski definition) is 5. The van der Waals surface area contributed by atoms with Gasteiger partial charge in [-0.2, -0.15) is 0 Å². The van der Waals surface area contributed by atoms with Crippen molar-refractivity contribution in [3.05, 3.63) is 33.6 Å². The minimum atomic E-state index is -0.594. The number of aryl methyl sites for hydroxylation is 1. The number of pyridine rings is 1. The minimum Gasteiger partial charge on any atom is -0.396 e. The zero-order valence-corrected chi connectivity index (χ0v) is 11.1. The van der Waals surface area contributed by atoms with Crippen LogP contribution in [0.2, 0.25) is 0 Å². The van der Waals surface area contributed by atoms with E-state index in [2.05, 4.69) is 10.3 Å². The summed E-state index contributed by atoms with van der Waals surface area (Å²) in [6.45, 7) is 5.12. The fourth-order valence-corrected chi connectivity index (χ4v) is 1.44. The van der Waals surface area contributed by atoms with Crippen LogP contribution in [-0.2, 0) is 0 Å². The van der Waals surface area contributed by atoms with E-state index in [1.807, 2.05) is 0 Å². The van der Waals surface area contributed by atoms with E-state index >= 15 is 0 Å². The first-order valence-electron chi connectivity index (χ1n) is 5.89. The van der Waals surface area contributed by atoms with Crippen molar-refractivity contribution < 1.29 is 14.8 Å². The van der Waals surface area contributed by atoms with Crippen molar-refractivity contribution in [3.63, 3.8) is 0 Å². The molecule has 2 unspecified atom stereocenters.